The van der Waals surface area contributed by atoms with Crippen LogP contribution in [0.2, 0.25) is 0 Å². The van der Waals surface area contributed by atoms with Crippen molar-refractivity contribution in [3.05, 3.63) is 40.3 Å². The van der Waals surface area contributed by atoms with Gasteiger partial charge in [-0.25, -0.2) is 0 Å². The van der Waals surface area contributed by atoms with Crippen LogP contribution in [0, 0.1) is 6.92 Å². The van der Waals surface area contributed by atoms with Crippen LogP contribution >= 0.6 is 0 Å². The molecular weight excluding hydrogens is 194 g/mol. The number of carbonyl (C=O) groups is 1. The number of rotatable bonds is 3. The fourth-order valence-corrected chi connectivity index (χ4v) is 1.44. The van der Waals surface area contributed by atoms with E-state index in [1.807, 2.05) is 0 Å². The lowest BCUT2D eigenvalue weighted by Crippen LogP contribution is -2.26. The van der Waals surface area contributed by atoms with E-state index in [0.717, 1.165) is 0 Å². The summed E-state index contributed by atoms with van der Waals surface area (Å²) < 4.78 is 1.39. The Balaban J connectivity index is 3.56. The Morgan fingerprint density at radius 1 is 1.67 bits per heavy atom. The molecule has 0 unspecified atom stereocenters. The van der Waals surface area contributed by atoms with Gasteiger partial charge in [-0.3, -0.25) is 9.59 Å². The fourth-order valence-electron chi connectivity index (χ4n) is 1.44. The second kappa shape index (κ2) is 4.13. The Morgan fingerprint density at radius 3 is 2.73 bits per heavy atom. The third-order valence-corrected chi connectivity index (χ3v) is 2.15. The number of hydrogen-bond donors (Lipinski definition) is 1. The lowest BCUT2D eigenvalue weighted by Gasteiger charge is -2.10. The summed E-state index contributed by atoms with van der Waals surface area (Å²) in [6.07, 6.45) is 1.56. The number of nitrogens with zero attached hydrogens (tertiary/aromatic N) is 1. The van der Waals surface area contributed by atoms with E-state index < -0.39 is 11.3 Å². The Hall–Kier alpha value is -1.84. The minimum Gasteiger partial charge on any atom is -0.507 e. The van der Waals surface area contributed by atoms with E-state index in [0.29, 0.717) is 12.2 Å². The summed E-state index contributed by atoms with van der Waals surface area (Å²) in [5.74, 6) is -0.694. The van der Waals surface area contributed by atoms with Gasteiger partial charge >= 0.3 is 0 Å². The highest BCUT2D eigenvalue weighted by Crippen LogP contribution is 2.14. The molecule has 80 valence electrons. The molecule has 0 radical (unpaired) electrons. The van der Waals surface area contributed by atoms with E-state index in [2.05, 4.69) is 6.58 Å². The third-order valence-electron chi connectivity index (χ3n) is 2.15. The average molecular weight is 207 g/mol. The molecule has 15 heavy (non-hydrogen) atoms. The van der Waals surface area contributed by atoms with Gasteiger partial charge < -0.3 is 9.67 Å². The first-order valence-electron chi connectivity index (χ1n) is 4.54. The van der Waals surface area contributed by atoms with Crippen molar-refractivity contribution in [2.24, 2.45) is 0 Å². The number of ketones is 1. The SMILES string of the molecule is C=CCn1c(C)cc(O)c(C(C)=O)c1=O. The van der Waals surface area contributed by atoms with E-state index in [9.17, 15) is 14.7 Å². The molecule has 0 amide bonds. The van der Waals surface area contributed by atoms with Crippen molar-refractivity contribution in [1.29, 1.82) is 0 Å². The summed E-state index contributed by atoms with van der Waals surface area (Å²) in [6.45, 7) is 6.80. The van der Waals surface area contributed by atoms with Crippen molar-refractivity contribution in [1.82, 2.24) is 4.57 Å². The summed E-state index contributed by atoms with van der Waals surface area (Å²) in [5.41, 5.74) is -0.0373. The number of Topliss-reactive ketones (excluding diaryl/α,β-unsaturated/α-hetero) is 1. The van der Waals surface area contributed by atoms with Gasteiger partial charge in [-0.1, -0.05) is 6.08 Å². The highest BCUT2D eigenvalue weighted by molar-refractivity contribution is 5.96. The predicted octanol–water partition coefficient (Wildman–Crippen LogP) is 1.25. The molecule has 1 aromatic heterocycles. The van der Waals surface area contributed by atoms with Crippen molar-refractivity contribution in [3.8, 4) is 5.75 Å². The molecule has 0 aliphatic heterocycles. The van der Waals surface area contributed by atoms with E-state index in [-0.39, 0.29) is 11.3 Å². The molecule has 1 rings (SSSR count). The van der Waals surface area contributed by atoms with Crippen molar-refractivity contribution in [2.75, 3.05) is 0 Å². The maximum atomic E-state index is 11.8. The largest absolute Gasteiger partial charge is 0.507 e. The first kappa shape index (κ1) is 11.2. The van der Waals surface area contributed by atoms with Gasteiger partial charge in [0.05, 0.1) is 0 Å². The topological polar surface area (TPSA) is 59.3 Å². The molecule has 4 nitrogen and oxygen atoms in total. The number of carbonyl (C=O) groups excluding carboxylic acids is 1. The second-order valence-electron chi connectivity index (χ2n) is 3.31. The number of aromatic hydroxyl groups is 1. The highest BCUT2D eigenvalue weighted by Gasteiger charge is 2.15. The summed E-state index contributed by atoms with van der Waals surface area (Å²) in [4.78, 5) is 22.9. The van der Waals surface area contributed by atoms with Gasteiger partial charge in [-0.05, 0) is 13.8 Å². The van der Waals surface area contributed by atoms with Crippen LogP contribution in [-0.2, 0) is 6.54 Å². The predicted molar refractivity (Wildman–Crippen MR) is 57.3 cm³/mol. The number of aromatic nitrogens is 1. The van der Waals surface area contributed by atoms with Crippen LogP contribution in [0.3, 0.4) is 0 Å². The monoisotopic (exact) mass is 207 g/mol. The molecule has 4 heteroatoms. The van der Waals surface area contributed by atoms with E-state index in [1.54, 1.807) is 13.0 Å². The fraction of sp³-hybridized carbons (Fsp3) is 0.273. The maximum Gasteiger partial charge on any atom is 0.265 e. The molecule has 0 atom stereocenters. The van der Waals surface area contributed by atoms with Gasteiger partial charge in [0.25, 0.3) is 5.56 Å². The van der Waals surface area contributed by atoms with Crippen molar-refractivity contribution >= 4 is 5.78 Å². The van der Waals surface area contributed by atoms with Gasteiger partial charge in [0.2, 0.25) is 0 Å². The van der Waals surface area contributed by atoms with E-state index in [4.69, 9.17) is 0 Å². The quantitative estimate of drug-likeness (QED) is 0.599. The molecule has 0 spiro atoms. The number of pyridine rings is 1. The molecule has 0 bridgehead atoms. The standard InChI is InChI=1S/C11H13NO3/c1-4-5-12-7(2)6-9(14)10(8(3)13)11(12)15/h4,6,14H,1,5H2,2-3H3. The Bertz CT molecular complexity index is 471. The normalized spacial score (nSPS) is 10.0. The Labute approximate surface area is 87.5 Å². The zero-order chi connectivity index (χ0) is 11.6. The molecule has 0 fully saturated rings. The maximum absolute atomic E-state index is 11.8. The summed E-state index contributed by atoms with van der Waals surface area (Å²) in [5, 5.41) is 9.48. The Morgan fingerprint density at radius 2 is 2.27 bits per heavy atom. The highest BCUT2D eigenvalue weighted by atomic mass is 16.3. The molecule has 0 saturated heterocycles. The Kier molecular flexibility index (Phi) is 3.09. The summed E-state index contributed by atoms with van der Waals surface area (Å²) in [6, 6.07) is 1.40. The van der Waals surface area contributed by atoms with Crippen molar-refractivity contribution in [3.63, 3.8) is 0 Å². The molecule has 1 heterocycles. The first-order valence-corrected chi connectivity index (χ1v) is 4.54. The summed E-state index contributed by atoms with van der Waals surface area (Å²) >= 11 is 0. The van der Waals surface area contributed by atoms with E-state index >= 15 is 0 Å². The zero-order valence-electron chi connectivity index (χ0n) is 8.78. The number of hydrogen-bond acceptors (Lipinski definition) is 3. The minimum absolute atomic E-state index is 0.164. The van der Waals surface area contributed by atoms with Crippen LogP contribution in [0.1, 0.15) is 23.0 Å². The molecule has 0 saturated carbocycles. The van der Waals surface area contributed by atoms with Crippen LogP contribution < -0.4 is 5.56 Å². The van der Waals surface area contributed by atoms with Gasteiger partial charge in [-0.15, -0.1) is 6.58 Å². The lowest BCUT2D eigenvalue weighted by molar-refractivity contribution is 0.101. The van der Waals surface area contributed by atoms with Crippen molar-refractivity contribution in [2.45, 2.75) is 20.4 Å². The minimum atomic E-state index is -0.472. The van der Waals surface area contributed by atoms with Gasteiger partial charge in [0.15, 0.2) is 5.78 Å². The second-order valence-corrected chi connectivity index (χ2v) is 3.31. The summed E-state index contributed by atoms with van der Waals surface area (Å²) in [7, 11) is 0. The van der Waals surface area contributed by atoms with Crippen LogP contribution in [0.5, 0.6) is 5.75 Å². The van der Waals surface area contributed by atoms with Gasteiger partial charge in [-0.2, -0.15) is 0 Å². The van der Waals surface area contributed by atoms with Crippen molar-refractivity contribution < 1.29 is 9.90 Å². The van der Waals surface area contributed by atoms with E-state index in [1.165, 1.54) is 17.6 Å². The van der Waals surface area contributed by atoms with Gasteiger partial charge in [0.1, 0.15) is 11.3 Å². The van der Waals surface area contributed by atoms with Crippen LogP contribution in [0.25, 0.3) is 0 Å². The molecule has 0 aliphatic carbocycles. The van der Waals surface area contributed by atoms with Gasteiger partial charge in [0, 0.05) is 18.3 Å². The molecule has 1 N–H and O–H groups in total. The molecular formula is C11H13NO3. The number of aryl methyl sites for hydroxylation is 1. The van der Waals surface area contributed by atoms with Crippen LogP contribution in [0.4, 0.5) is 0 Å². The molecule has 1 aromatic rings. The number of allylic oxidation sites excluding steroid dienone is 1. The molecule has 0 aliphatic rings. The lowest BCUT2D eigenvalue weighted by atomic mass is 10.1. The third kappa shape index (κ3) is 1.98. The van der Waals surface area contributed by atoms with Crippen LogP contribution in [-0.4, -0.2) is 15.5 Å². The zero-order valence-corrected chi connectivity index (χ0v) is 8.78. The smallest absolute Gasteiger partial charge is 0.265 e. The average Bonchev–Trinajstić information content (AvgIpc) is 2.11. The first-order chi connectivity index (χ1) is 6.99. The van der Waals surface area contributed by atoms with Crippen LogP contribution in [0.15, 0.2) is 23.5 Å². The molecule has 0 aromatic carbocycles.